The van der Waals surface area contributed by atoms with E-state index in [-0.39, 0.29) is 30.9 Å². The van der Waals surface area contributed by atoms with Gasteiger partial charge in [0.1, 0.15) is 18.1 Å². The van der Waals surface area contributed by atoms with Gasteiger partial charge in [-0.25, -0.2) is 4.79 Å². The van der Waals surface area contributed by atoms with E-state index in [1.165, 1.54) is 0 Å². The molecule has 5 unspecified atom stereocenters. The highest BCUT2D eigenvalue weighted by molar-refractivity contribution is 7.80. The van der Waals surface area contributed by atoms with Gasteiger partial charge in [-0.05, 0) is 24.0 Å². The summed E-state index contributed by atoms with van der Waals surface area (Å²) in [5, 5.41) is 17.9. The van der Waals surface area contributed by atoms with Gasteiger partial charge in [0.2, 0.25) is 23.6 Å². The van der Waals surface area contributed by atoms with Crippen molar-refractivity contribution in [2.75, 3.05) is 5.75 Å². The lowest BCUT2D eigenvalue weighted by atomic mass is 9.96. The highest BCUT2D eigenvalue weighted by atomic mass is 32.1. The number of aromatic nitrogens is 1. The van der Waals surface area contributed by atoms with E-state index >= 15 is 0 Å². The first kappa shape index (κ1) is 30.6. The summed E-state index contributed by atoms with van der Waals surface area (Å²) in [7, 11) is 0. The SMILES string of the molecule is CCC(C)C(NC(=O)C(N)CCC(N)=O)C(=O)NC(Cc1c[nH]c2ccccc12)C(=O)NC(CS)C(=O)O. The summed E-state index contributed by atoms with van der Waals surface area (Å²) >= 11 is 3.99. The number of fused-ring (bicyclic) bond motifs is 1. The number of carboxylic acid groups (broad SMARTS) is 1. The molecule has 208 valence electrons. The molecule has 2 rings (SSSR count). The molecule has 0 saturated heterocycles. The van der Waals surface area contributed by atoms with E-state index in [0.29, 0.717) is 6.42 Å². The highest BCUT2D eigenvalue weighted by Crippen LogP contribution is 2.19. The first-order chi connectivity index (χ1) is 18.0. The van der Waals surface area contributed by atoms with Gasteiger partial charge in [-0.15, -0.1) is 0 Å². The molecule has 0 bridgehead atoms. The number of para-hydroxylation sites is 1. The molecule has 12 nitrogen and oxygen atoms in total. The van der Waals surface area contributed by atoms with Crippen molar-refractivity contribution in [3.63, 3.8) is 0 Å². The third kappa shape index (κ3) is 8.48. The van der Waals surface area contributed by atoms with Gasteiger partial charge in [0.15, 0.2) is 0 Å². The number of nitrogens with one attached hydrogen (secondary N) is 4. The molecule has 0 spiro atoms. The molecule has 0 aliphatic rings. The van der Waals surface area contributed by atoms with Gasteiger partial charge in [0.05, 0.1) is 6.04 Å². The van der Waals surface area contributed by atoms with Crippen LogP contribution in [0.4, 0.5) is 0 Å². The van der Waals surface area contributed by atoms with Crippen molar-refractivity contribution in [1.29, 1.82) is 0 Å². The molecule has 0 fully saturated rings. The Labute approximate surface area is 226 Å². The summed E-state index contributed by atoms with van der Waals surface area (Å²) in [5.74, 6) is -4.32. The van der Waals surface area contributed by atoms with Crippen LogP contribution in [0.25, 0.3) is 10.9 Å². The number of primary amides is 1. The lowest BCUT2D eigenvalue weighted by molar-refractivity contribution is -0.141. The number of amides is 4. The van der Waals surface area contributed by atoms with Crippen LogP contribution in [0, 0.1) is 5.92 Å². The van der Waals surface area contributed by atoms with Crippen molar-refractivity contribution in [1.82, 2.24) is 20.9 Å². The molecule has 0 aliphatic carbocycles. The number of benzene rings is 1. The number of carboxylic acids is 1. The number of thiol groups is 1. The molecular weight excluding hydrogens is 512 g/mol. The Balaban J connectivity index is 2.29. The number of aromatic amines is 1. The third-order valence-electron chi connectivity index (χ3n) is 6.36. The Morgan fingerprint density at radius 2 is 1.68 bits per heavy atom. The summed E-state index contributed by atoms with van der Waals surface area (Å²) in [5.41, 5.74) is 12.6. The Bertz CT molecular complexity index is 1150. The summed E-state index contributed by atoms with van der Waals surface area (Å²) in [6, 6.07) is 2.91. The van der Waals surface area contributed by atoms with E-state index in [1.54, 1.807) is 13.1 Å². The lowest BCUT2D eigenvalue weighted by Gasteiger charge is -2.28. The topological polar surface area (TPSA) is 209 Å². The zero-order valence-electron chi connectivity index (χ0n) is 21.4. The van der Waals surface area contributed by atoms with E-state index in [2.05, 4.69) is 33.6 Å². The zero-order valence-corrected chi connectivity index (χ0v) is 22.3. The second-order valence-corrected chi connectivity index (χ2v) is 9.56. The average Bonchev–Trinajstić information content (AvgIpc) is 3.30. The number of rotatable bonds is 15. The standard InChI is InChI=1S/C25H36N6O6S/c1-3-13(2)21(31-22(33)16(26)8-9-20(27)32)24(35)29-18(23(34)30-19(12-38)25(36)37)10-14-11-28-17-7-5-4-6-15(14)17/h4-7,11,13,16,18-19,21,28,38H,3,8-10,12,26H2,1-2H3,(H2,27,32)(H,29,35)(H,30,34)(H,31,33)(H,36,37). The second kappa shape index (κ2) is 14.4. The van der Waals surface area contributed by atoms with Gasteiger partial charge in [0.25, 0.3) is 0 Å². The Morgan fingerprint density at radius 1 is 1.03 bits per heavy atom. The molecule has 13 heteroatoms. The fourth-order valence-electron chi connectivity index (χ4n) is 3.84. The summed E-state index contributed by atoms with van der Waals surface area (Å²) < 4.78 is 0. The summed E-state index contributed by atoms with van der Waals surface area (Å²) in [4.78, 5) is 64.8. The number of hydrogen-bond acceptors (Lipinski definition) is 7. The normalized spacial score (nSPS) is 15.1. The maximum Gasteiger partial charge on any atom is 0.327 e. The molecular formula is C25H36N6O6S. The number of carbonyl (C=O) groups excluding carboxylic acids is 4. The van der Waals surface area contributed by atoms with Crippen LogP contribution in [-0.2, 0) is 30.4 Å². The van der Waals surface area contributed by atoms with Crippen LogP contribution in [0.5, 0.6) is 0 Å². The minimum Gasteiger partial charge on any atom is -0.480 e. The summed E-state index contributed by atoms with van der Waals surface area (Å²) in [6.45, 7) is 3.60. The highest BCUT2D eigenvalue weighted by Gasteiger charge is 2.32. The maximum atomic E-state index is 13.4. The van der Waals surface area contributed by atoms with Crippen molar-refractivity contribution in [2.24, 2.45) is 17.4 Å². The number of hydrogen-bond donors (Lipinski definition) is 8. The van der Waals surface area contributed by atoms with E-state index in [9.17, 15) is 29.1 Å². The molecule has 1 aromatic heterocycles. The molecule has 5 atom stereocenters. The van der Waals surface area contributed by atoms with Crippen LogP contribution in [0.1, 0.15) is 38.7 Å². The fraction of sp³-hybridized carbons (Fsp3) is 0.480. The molecule has 1 heterocycles. The van der Waals surface area contributed by atoms with Crippen LogP contribution < -0.4 is 27.4 Å². The van der Waals surface area contributed by atoms with Crippen molar-refractivity contribution in [2.45, 2.75) is 63.7 Å². The Morgan fingerprint density at radius 3 is 2.29 bits per heavy atom. The maximum absolute atomic E-state index is 13.4. The van der Waals surface area contributed by atoms with E-state index in [0.717, 1.165) is 16.5 Å². The number of nitrogens with two attached hydrogens (primary N) is 2. The van der Waals surface area contributed by atoms with Crippen molar-refractivity contribution in [3.05, 3.63) is 36.0 Å². The number of H-pyrrole nitrogens is 1. The van der Waals surface area contributed by atoms with Gasteiger partial charge in [0, 0.05) is 35.7 Å². The Hall–Kier alpha value is -3.58. The second-order valence-electron chi connectivity index (χ2n) is 9.19. The zero-order chi connectivity index (χ0) is 28.4. The van der Waals surface area contributed by atoms with Crippen LogP contribution in [-0.4, -0.2) is 69.6 Å². The van der Waals surface area contributed by atoms with Crippen molar-refractivity contribution in [3.8, 4) is 0 Å². The molecule has 0 radical (unpaired) electrons. The van der Waals surface area contributed by atoms with Gasteiger partial charge < -0.3 is 37.5 Å². The monoisotopic (exact) mass is 548 g/mol. The van der Waals surface area contributed by atoms with Gasteiger partial charge in [-0.3, -0.25) is 19.2 Å². The van der Waals surface area contributed by atoms with E-state index < -0.39 is 53.8 Å². The van der Waals surface area contributed by atoms with Gasteiger partial charge >= 0.3 is 5.97 Å². The number of aliphatic carboxylic acids is 1. The molecule has 1 aromatic carbocycles. The molecule has 9 N–H and O–H groups in total. The molecule has 0 aliphatic heterocycles. The lowest BCUT2D eigenvalue weighted by Crippen LogP contribution is -2.59. The molecule has 2 aromatic rings. The van der Waals surface area contributed by atoms with Crippen molar-refractivity contribution >= 4 is 53.1 Å². The van der Waals surface area contributed by atoms with Crippen LogP contribution in [0.2, 0.25) is 0 Å². The number of carbonyl (C=O) groups is 5. The Kier molecular flexibility index (Phi) is 11.6. The largest absolute Gasteiger partial charge is 0.480 e. The minimum absolute atomic E-state index is 0.0158. The van der Waals surface area contributed by atoms with E-state index in [4.69, 9.17) is 11.5 Å². The van der Waals surface area contributed by atoms with E-state index in [1.807, 2.05) is 31.2 Å². The molecule has 0 saturated carbocycles. The van der Waals surface area contributed by atoms with Crippen molar-refractivity contribution < 1.29 is 29.1 Å². The summed E-state index contributed by atoms with van der Waals surface area (Å²) in [6.07, 6.45) is 2.23. The van der Waals surface area contributed by atoms with Gasteiger partial charge in [-0.2, -0.15) is 12.6 Å². The van der Waals surface area contributed by atoms with Crippen LogP contribution in [0.15, 0.2) is 30.5 Å². The fourth-order valence-corrected chi connectivity index (χ4v) is 4.09. The smallest absolute Gasteiger partial charge is 0.327 e. The first-order valence-electron chi connectivity index (χ1n) is 12.3. The quantitative estimate of drug-likeness (QED) is 0.141. The van der Waals surface area contributed by atoms with Crippen LogP contribution >= 0.6 is 12.6 Å². The molecule has 4 amide bonds. The average molecular weight is 549 g/mol. The van der Waals surface area contributed by atoms with Gasteiger partial charge in [-0.1, -0.05) is 38.5 Å². The predicted octanol–water partition coefficient (Wildman–Crippen LogP) is -0.182. The first-order valence-corrected chi connectivity index (χ1v) is 12.9. The predicted molar refractivity (Wildman–Crippen MR) is 145 cm³/mol. The third-order valence-corrected chi connectivity index (χ3v) is 6.73. The molecule has 38 heavy (non-hydrogen) atoms. The van der Waals surface area contributed by atoms with Crippen LogP contribution in [0.3, 0.4) is 0 Å². The minimum atomic E-state index is -1.26.